The molecule has 1 aromatic heterocycles. The molecular formula is C20H19NO4. The number of nitrogens with zero attached hydrogens (tertiary/aromatic N) is 1. The van der Waals surface area contributed by atoms with Crippen LogP contribution >= 0.6 is 0 Å². The van der Waals surface area contributed by atoms with Crippen molar-refractivity contribution in [2.24, 2.45) is 0 Å². The summed E-state index contributed by atoms with van der Waals surface area (Å²) in [5.41, 5.74) is 1.43. The predicted octanol–water partition coefficient (Wildman–Crippen LogP) is 3.21. The second-order valence-electron chi connectivity index (χ2n) is 5.94. The fourth-order valence-electron chi connectivity index (χ4n) is 2.94. The minimum absolute atomic E-state index is 0.140. The second-order valence-corrected chi connectivity index (χ2v) is 5.94. The minimum atomic E-state index is -0.140. The van der Waals surface area contributed by atoms with Gasteiger partial charge in [0, 0.05) is 13.1 Å². The third kappa shape index (κ3) is 3.23. The first kappa shape index (κ1) is 15.7. The van der Waals surface area contributed by atoms with Crippen LogP contribution in [0.2, 0.25) is 0 Å². The lowest BCUT2D eigenvalue weighted by Crippen LogP contribution is -2.37. The topological polar surface area (TPSA) is 51.9 Å². The number of hydrogen-bond donors (Lipinski definition) is 0. The maximum absolute atomic E-state index is 13.0. The van der Waals surface area contributed by atoms with Crippen LogP contribution in [-0.2, 0) is 11.3 Å². The average Bonchev–Trinajstić information content (AvgIpc) is 2.69. The minimum Gasteiger partial charge on any atom is -0.480 e. The van der Waals surface area contributed by atoms with Crippen molar-refractivity contribution in [3.63, 3.8) is 0 Å². The van der Waals surface area contributed by atoms with Gasteiger partial charge in [0.25, 0.3) is 0 Å². The summed E-state index contributed by atoms with van der Waals surface area (Å²) < 4.78 is 17.4. The van der Waals surface area contributed by atoms with Gasteiger partial charge >= 0.3 is 0 Å². The van der Waals surface area contributed by atoms with E-state index in [0.29, 0.717) is 49.8 Å². The molecule has 1 fully saturated rings. The summed E-state index contributed by atoms with van der Waals surface area (Å²) in [5, 5.41) is 0.530. The van der Waals surface area contributed by atoms with Gasteiger partial charge in [-0.25, -0.2) is 0 Å². The van der Waals surface area contributed by atoms with Gasteiger partial charge in [-0.05, 0) is 17.7 Å². The highest BCUT2D eigenvalue weighted by Gasteiger charge is 2.23. The van der Waals surface area contributed by atoms with Crippen LogP contribution < -0.4 is 15.1 Å². The third-order valence-electron chi connectivity index (χ3n) is 4.26. The molecule has 2 aromatic carbocycles. The molecule has 128 valence electrons. The molecule has 0 amide bonds. The van der Waals surface area contributed by atoms with Gasteiger partial charge in [-0.15, -0.1) is 0 Å². The normalized spacial score (nSPS) is 14.6. The smallest absolute Gasteiger partial charge is 0.243 e. The van der Waals surface area contributed by atoms with E-state index >= 15 is 0 Å². The quantitative estimate of drug-likeness (QED) is 0.732. The molecule has 4 rings (SSSR count). The molecular weight excluding hydrogens is 318 g/mol. The third-order valence-corrected chi connectivity index (χ3v) is 4.26. The summed E-state index contributed by atoms with van der Waals surface area (Å²) in [6.07, 6.45) is 0. The van der Waals surface area contributed by atoms with Gasteiger partial charge in [-0.3, -0.25) is 4.79 Å². The Morgan fingerprint density at radius 2 is 1.68 bits per heavy atom. The molecule has 0 saturated carbocycles. The molecule has 0 radical (unpaired) electrons. The summed E-state index contributed by atoms with van der Waals surface area (Å²) in [6, 6.07) is 17.0. The van der Waals surface area contributed by atoms with Crippen molar-refractivity contribution in [1.82, 2.24) is 0 Å². The highest BCUT2D eigenvalue weighted by molar-refractivity contribution is 5.80. The van der Waals surface area contributed by atoms with E-state index in [-0.39, 0.29) is 11.2 Å². The Kier molecular flexibility index (Phi) is 4.39. The van der Waals surface area contributed by atoms with Crippen LogP contribution in [0, 0.1) is 0 Å². The first-order chi connectivity index (χ1) is 12.3. The van der Waals surface area contributed by atoms with Gasteiger partial charge in [-0.1, -0.05) is 42.5 Å². The van der Waals surface area contributed by atoms with Crippen LogP contribution in [0.5, 0.6) is 5.75 Å². The van der Waals surface area contributed by atoms with Crippen molar-refractivity contribution in [1.29, 1.82) is 0 Å². The van der Waals surface area contributed by atoms with Gasteiger partial charge in [0.2, 0.25) is 17.1 Å². The zero-order valence-corrected chi connectivity index (χ0v) is 13.8. The number of morpholine rings is 1. The maximum atomic E-state index is 13.0. The average molecular weight is 337 g/mol. The lowest BCUT2D eigenvalue weighted by molar-refractivity contribution is 0.120. The van der Waals surface area contributed by atoms with E-state index in [1.165, 1.54) is 0 Å². The summed E-state index contributed by atoms with van der Waals surface area (Å²) in [7, 11) is 0. The molecule has 2 heterocycles. The zero-order valence-electron chi connectivity index (χ0n) is 13.8. The van der Waals surface area contributed by atoms with Crippen molar-refractivity contribution in [3.8, 4) is 5.75 Å². The Morgan fingerprint density at radius 3 is 2.48 bits per heavy atom. The van der Waals surface area contributed by atoms with Crippen LogP contribution in [0.15, 0.2) is 63.8 Å². The Bertz CT molecular complexity index is 914. The fraction of sp³-hybridized carbons (Fsp3) is 0.250. The Hall–Kier alpha value is -2.79. The summed E-state index contributed by atoms with van der Waals surface area (Å²) in [6.45, 7) is 2.87. The summed E-state index contributed by atoms with van der Waals surface area (Å²) in [4.78, 5) is 15.0. The summed E-state index contributed by atoms with van der Waals surface area (Å²) >= 11 is 0. The van der Waals surface area contributed by atoms with Gasteiger partial charge in [0.05, 0.1) is 18.6 Å². The maximum Gasteiger partial charge on any atom is 0.243 e. The number of ether oxygens (including phenoxy) is 2. The SMILES string of the molecule is O=c1c(OCc2ccccc2)c(N2CCOCC2)oc2ccccc12. The van der Waals surface area contributed by atoms with Crippen LogP contribution in [0.3, 0.4) is 0 Å². The standard InChI is InChI=1S/C20H19NO4/c22-18-16-8-4-5-9-17(16)25-20(21-10-12-23-13-11-21)19(18)24-14-15-6-2-1-3-7-15/h1-9H,10-14H2. The van der Waals surface area contributed by atoms with Crippen molar-refractivity contribution >= 4 is 16.9 Å². The highest BCUT2D eigenvalue weighted by atomic mass is 16.5. The van der Waals surface area contributed by atoms with Crippen molar-refractivity contribution < 1.29 is 13.9 Å². The first-order valence-corrected chi connectivity index (χ1v) is 8.38. The van der Waals surface area contributed by atoms with Crippen molar-refractivity contribution in [2.45, 2.75) is 6.61 Å². The van der Waals surface area contributed by atoms with Gasteiger partial charge in [-0.2, -0.15) is 0 Å². The molecule has 0 N–H and O–H groups in total. The lowest BCUT2D eigenvalue weighted by Gasteiger charge is -2.28. The molecule has 0 aliphatic carbocycles. The molecule has 1 aliphatic heterocycles. The molecule has 5 nitrogen and oxygen atoms in total. The number of para-hydroxylation sites is 1. The second kappa shape index (κ2) is 6.99. The summed E-state index contributed by atoms with van der Waals surface area (Å²) in [5.74, 6) is 0.757. The molecule has 0 spiro atoms. The Labute approximate surface area is 145 Å². The van der Waals surface area contributed by atoms with E-state index in [4.69, 9.17) is 13.9 Å². The van der Waals surface area contributed by atoms with Crippen LogP contribution in [0.25, 0.3) is 11.0 Å². The van der Waals surface area contributed by atoms with E-state index in [9.17, 15) is 4.79 Å². The van der Waals surface area contributed by atoms with E-state index in [1.807, 2.05) is 53.4 Å². The molecule has 0 unspecified atom stereocenters. The number of anilines is 1. The molecule has 3 aromatic rings. The predicted molar refractivity (Wildman–Crippen MR) is 96.3 cm³/mol. The van der Waals surface area contributed by atoms with Crippen LogP contribution in [0.1, 0.15) is 5.56 Å². The highest BCUT2D eigenvalue weighted by Crippen LogP contribution is 2.30. The van der Waals surface area contributed by atoms with Gasteiger partial charge < -0.3 is 18.8 Å². The van der Waals surface area contributed by atoms with Crippen LogP contribution in [0.4, 0.5) is 5.88 Å². The van der Waals surface area contributed by atoms with E-state index in [1.54, 1.807) is 6.07 Å². The monoisotopic (exact) mass is 337 g/mol. The number of rotatable bonds is 4. The van der Waals surface area contributed by atoms with Gasteiger partial charge in [0.1, 0.15) is 12.2 Å². The fourth-order valence-corrected chi connectivity index (χ4v) is 2.94. The van der Waals surface area contributed by atoms with E-state index in [2.05, 4.69) is 0 Å². The first-order valence-electron chi connectivity index (χ1n) is 8.38. The number of benzene rings is 2. The molecule has 0 atom stereocenters. The van der Waals surface area contributed by atoms with E-state index in [0.717, 1.165) is 5.56 Å². The molecule has 5 heteroatoms. The largest absolute Gasteiger partial charge is 0.480 e. The molecule has 1 saturated heterocycles. The Morgan fingerprint density at radius 1 is 0.960 bits per heavy atom. The van der Waals surface area contributed by atoms with Gasteiger partial charge in [0.15, 0.2) is 0 Å². The number of hydrogen-bond acceptors (Lipinski definition) is 5. The van der Waals surface area contributed by atoms with E-state index < -0.39 is 0 Å². The zero-order chi connectivity index (χ0) is 17.1. The lowest BCUT2D eigenvalue weighted by atomic mass is 10.2. The molecule has 25 heavy (non-hydrogen) atoms. The number of fused-ring (bicyclic) bond motifs is 1. The molecule has 0 bridgehead atoms. The van der Waals surface area contributed by atoms with Crippen molar-refractivity contribution in [3.05, 3.63) is 70.4 Å². The van der Waals surface area contributed by atoms with Crippen LogP contribution in [-0.4, -0.2) is 26.3 Å². The Balaban J connectivity index is 1.76. The molecule has 1 aliphatic rings. The van der Waals surface area contributed by atoms with Crippen molar-refractivity contribution in [2.75, 3.05) is 31.2 Å².